The first-order chi connectivity index (χ1) is 5.75. The van der Waals surface area contributed by atoms with Crippen LogP contribution < -0.4 is 0 Å². The molecular formula is C9H5ClIN. The summed E-state index contributed by atoms with van der Waals surface area (Å²) in [4.78, 5) is 4.26. The van der Waals surface area contributed by atoms with Crippen molar-refractivity contribution in [3.63, 3.8) is 0 Å². The highest BCUT2D eigenvalue weighted by atomic mass is 127. The Kier molecular flexibility index (Phi) is 2.19. The van der Waals surface area contributed by atoms with Crippen LogP contribution in [-0.2, 0) is 0 Å². The molecule has 0 saturated heterocycles. The second-order valence-corrected chi connectivity index (χ2v) is 4.17. The van der Waals surface area contributed by atoms with Gasteiger partial charge >= 0.3 is 0 Å². The van der Waals surface area contributed by atoms with Crippen molar-refractivity contribution in [3.8, 4) is 0 Å². The van der Waals surface area contributed by atoms with Crippen LogP contribution in [0.15, 0.2) is 30.5 Å². The Morgan fingerprint density at radius 3 is 2.92 bits per heavy atom. The van der Waals surface area contributed by atoms with Crippen molar-refractivity contribution in [3.05, 3.63) is 39.1 Å². The Bertz CT molecular complexity index is 391. The number of benzene rings is 1. The highest BCUT2D eigenvalue weighted by molar-refractivity contribution is 14.1. The lowest BCUT2D eigenvalue weighted by Gasteiger charge is -1.97. The van der Waals surface area contributed by atoms with Gasteiger partial charge in [0.1, 0.15) is 0 Å². The van der Waals surface area contributed by atoms with E-state index < -0.39 is 0 Å². The van der Waals surface area contributed by atoms with Crippen molar-refractivity contribution in [2.75, 3.05) is 0 Å². The number of aromatic nitrogens is 1. The number of rotatable bonds is 0. The van der Waals surface area contributed by atoms with Gasteiger partial charge in [-0.1, -0.05) is 11.6 Å². The molecule has 12 heavy (non-hydrogen) atoms. The smallest absolute Gasteiger partial charge is 0.0703 e. The number of hydrogen-bond acceptors (Lipinski definition) is 1. The van der Waals surface area contributed by atoms with E-state index >= 15 is 0 Å². The third-order valence-electron chi connectivity index (χ3n) is 1.61. The number of hydrogen-bond donors (Lipinski definition) is 0. The molecule has 0 spiro atoms. The number of halogens is 2. The van der Waals surface area contributed by atoms with Crippen molar-refractivity contribution in [2.45, 2.75) is 0 Å². The monoisotopic (exact) mass is 289 g/mol. The zero-order valence-electron chi connectivity index (χ0n) is 6.09. The van der Waals surface area contributed by atoms with Crippen LogP contribution in [0.4, 0.5) is 0 Å². The molecule has 0 atom stereocenters. The standard InChI is InChI=1S/C9H5ClIN/c10-7-1-2-9-6(3-7)4-8(11)5-12-9/h1-5H. The van der Waals surface area contributed by atoms with Crippen molar-refractivity contribution >= 4 is 45.1 Å². The molecule has 2 aromatic rings. The Labute approximate surface area is 88.9 Å². The van der Waals surface area contributed by atoms with Gasteiger partial charge in [-0.05, 0) is 46.9 Å². The van der Waals surface area contributed by atoms with Gasteiger partial charge in [0.05, 0.1) is 5.52 Å². The Morgan fingerprint density at radius 1 is 1.25 bits per heavy atom. The molecule has 1 nitrogen and oxygen atoms in total. The van der Waals surface area contributed by atoms with Crippen LogP contribution >= 0.6 is 34.2 Å². The molecule has 0 radical (unpaired) electrons. The minimum absolute atomic E-state index is 0.756. The van der Waals surface area contributed by atoms with E-state index in [4.69, 9.17) is 11.6 Å². The first kappa shape index (κ1) is 8.26. The van der Waals surface area contributed by atoms with Crippen LogP contribution in [0, 0.1) is 3.57 Å². The second kappa shape index (κ2) is 3.18. The lowest BCUT2D eigenvalue weighted by atomic mass is 10.2. The highest BCUT2D eigenvalue weighted by Crippen LogP contribution is 2.18. The summed E-state index contributed by atoms with van der Waals surface area (Å²) in [5.74, 6) is 0. The maximum absolute atomic E-state index is 5.84. The summed E-state index contributed by atoms with van der Waals surface area (Å²) < 4.78 is 1.13. The molecule has 0 aliphatic carbocycles. The minimum Gasteiger partial charge on any atom is -0.255 e. The van der Waals surface area contributed by atoms with Gasteiger partial charge in [0.25, 0.3) is 0 Å². The van der Waals surface area contributed by atoms with Gasteiger partial charge in [-0.25, -0.2) is 0 Å². The summed E-state index contributed by atoms with van der Waals surface area (Å²) in [6.07, 6.45) is 1.84. The summed E-state index contributed by atoms with van der Waals surface area (Å²) in [5, 5.41) is 1.85. The molecule has 1 aromatic heterocycles. The fourth-order valence-electron chi connectivity index (χ4n) is 1.08. The molecule has 0 aliphatic heterocycles. The normalized spacial score (nSPS) is 10.5. The summed E-state index contributed by atoms with van der Waals surface area (Å²) in [7, 11) is 0. The van der Waals surface area contributed by atoms with Gasteiger partial charge in [-0.2, -0.15) is 0 Å². The van der Waals surface area contributed by atoms with Crippen molar-refractivity contribution < 1.29 is 0 Å². The van der Waals surface area contributed by atoms with E-state index in [1.807, 2.05) is 24.4 Å². The van der Waals surface area contributed by atoms with Crippen molar-refractivity contribution in [1.29, 1.82) is 0 Å². The largest absolute Gasteiger partial charge is 0.255 e. The van der Waals surface area contributed by atoms with Crippen molar-refractivity contribution in [1.82, 2.24) is 4.98 Å². The maximum Gasteiger partial charge on any atom is 0.0703 e. The van der Waals surface area contributed by atoms with Crippen LogP contribution in [0.2, 0.25) is 5.02 Å². The third kappa shape index (κ3) is 1.54. The van der Waals surface area contributed by atoms with Gasteiger partial charge < -0.3 is 0 Å². The molecule has 0 fully saturated rings. The van der Waals surface area contributed by atoms with Crippen LogP contribution in [0.25, 0.3) is 10.9 Å². The maximum atomic E-state index is 5.84. The molecular weight excluding hydrogens is 284 g/mol. The number of pyridine rings is 1. The molecule has 0 amide bonds. The van der Waals surface area contributed by atoms with E-state index in [1.54, 1.807) is 0 Å². The summed E-state index contributed by atoms with van der Waals surface area (Å²) in [6, 6.07) is 7.76. The Hall–Kier alpha value is -0.350. The number of nitrogens with zero attached hydrogens (tertiary/aromatic N) is 1. The molecule has 2 rings (SSSR count). The summed E-state index contributed by atoms with van der Waals surface area (Å²) >= 11 is 8.07. The predicted octanol–water partition coefficient (Wildman–Crippen LogP) is 3.49. The molecule has 0 N–H and O–H groups in total. The lowest BCUT2D eigenvalue weighted by Crippen LogP contribution is -1.79. The molecule has 0 bridgehead atoms. The minimum atomic E-state index is 0.756. The molecule has 0 aliphatic rings. The Balaban J connectivity index is 2.80. The summed E-state index contributed by atoms with van der Waals surface area (Å²) in [6.45, 7) is 0. The lowest BCUT2D eigenvalue weighted by molar-refractivity contribution is 1.39. The first-order valence-corrected chi connectivity index (χ1v) is 4.92. The zero-order chi connectivity index (χ0) is 8.55. The van der Waals surface area contributed by atoms with Gasteiger partial charge in [-0.3, -0.25) is 4.98 Å². The molecule has 3 heteroatoms. The highest BCUT2D eigenvalue weighted by Gasteiger charge is 1.95. The van der Waals surface area contributed by atoms with Gasteiger partial charge in [0.2, 0.25) is 0 Å². The molecule has 0 unspecified atom stereocenters. The topological polar surface area (TPSA) is 12.9 Å². The van der Waals surface area contributed by atoms with Gasteiger partial charge in [-0.15, -0.1) is 0 Å². The SMILES string of the molecule is Clc1ccc2ncc(I)cc2c1. The van der Waals surface area contributed by atoms with Gasteiger partial charge in [0, 0.05) is 20.2 Å². The molecule has 0 saturated carbocycles. The van der Waals surface area contributed by atoms with Crippen molar-refractivity contribution in [2.24, 2.45) is 0 Å². The molecule has 1 heterocycles. The fourth-order valence-corrected chi connectivity index (χ4v) is 1.73. The average Bonchev–Trinajstić information content (AvgIpc) is 2.03. The molecule has 60 valence electrons. The zero-order valence-corrected chi connectivity index (χ0v) is 9.00. The second-order valence-electron chi connectivity index (χ2n) is 2.49. The Morgan fingerprint density at radius 2 is 2.08 bits per heavy atom. The quantitative estimate of drug-likeness (QED) is 0.677. The van der Waals surface area contributed by atoms with Gasteiger partial charge in [0.15, 0.2) is 0 Å². The van der Waals surface area contributed by atoms with E-state index in [0.717, 1.165) is 19.5 Å². The van der Waals surface area contributed by atoms with Crippen LogP contribution in [-0.4, -0.2) is 4.98 Å². The third-order valence-corrected chi connectivity index (χ3v) is 2.43. The predicted molar refractivity (Wildman–Crippen MR) is 59.5 cm³/mol. The van der Waals surface area contributed by atoms with E-state index in [-0.39, 0.29) is 0 Å². The van der Waals surface area contributed by atoms with E-state index in [0.29, 0.717) is 0 Å². The summed E-state index contributed by atoms with van der Waals surface area (Å²) in [5.41, 5.74) is 0.986. The van der Waals surface area contributed by atoms with Crippen LogP contribution in [0.3, 0.4) is 0 Å². The average molecular weight is 290 g/mol. The fraction of sp³-hybridized carbons (Fsp3) is 0. The van der Waals surface area contributed by atoms with Crippen LogP contribution in [0.5, 0.6) is 0 Å². The number of fused-ring (bicyclic) bond motifs is 1. The van der Waals surface area contributed by atoms with E-state index in [1.165, 1.54) is 0 Å². The first-order valence-electron chi connectivity index (χ1n) is 3.46. The van der Waals surface area contributed by atoms with E-state index in [9.17, 15) is 0 Å². The van der Waals surface area contributed by atoms with E-state index in [2.05, 4.69) is 33.6 Å². The molecule has 1 aromatic carbocycles. The van der Waals surface area contributed by atoms with Crippen LogP contribution in [0.1, 0.15) is 0 Å².